The molecule has 8 nitrogen and oxygen atoms in total. The molecule has 0 saturated heterocycles. The first-order valence-corrected chi connectivity index (χ1v) is 9.74. The van der Waals surface area contributed by atoms with Crippen LogP contribution >= 0.6 is 12.6 Å². The Hall–Kier alpha value is -3.04. The number of amides is 1. The van der Waals surface area contributed by atoms with Gasteiger partial charge < -0.3 is 14.9 Å². The molecule has 2 atom stereocenters. The summed E-state index contributed by atoms with van der Waals surface area (Å²) in [6, 6.07) is 13.4. The summed E-state index contributed by atoms with van der Waals surface area (Å²) in [7, 11) is 0. The van der Waals surface area contributed by atoms with Gasteiger partial charge in [-0.15, -0.1) is 0 Å². The summed E-state index contributed by atoms with van der Waals surface area (Å²) < 4.78 is 5.66. The van der Waals surface area contributed by atoms with Gasteiger partial charge in [0.2, 0.25) is 5.91 Å². The molecule has 0 fully saturated rings. The van der Waals surface area contributed by atoms with Crippen molar-refractivity contribution >= 4 is 30.5 Å². The van der Waals surface area contributed by atoms with Crippen molar-refractivity contribution in [3.05, 3.63) is 59.7 Å². The van der Waals surface area contributed by atoms with Crippen LogP contribution in [-0.4, -0.2) is 38.5 Å². The number of aliphatic carboxylic acids is 1. The molecule has 0 aliphatic carbocycles. The largest absolute Gasteiger partial charge is 0.481 e. The van der Waals surface area contributed by atoms with Gasteiger partial charge in [0.25, 0.3) is 0 Å². The van der Waals surface area contributed by atoms with Gasteiger partial charge in [-0.25, -0.2) is 10.3 Å². The molecule has 0 aromatic heterocycles. The molecular weight excluding hydrogens is 410 g/mol. The van der Waals surface area contributed by atoms with Crippen LogP contribution in [0.25, 0.3) is 0 Å². The molecule has 30 heavy (non-hydrogen) atoms. The van der Waals surface area contributed by atoms with Gasteiger partial charge in [0.15, 0.2) is 0 Å². The molecule has 0 aliphatic heterocycles. The van der Waals surface area contributed by atoms with E-state index in [1.807, 2.05) is 6.07 Å². The zero-order chi connectivity index (χ0) is 22.1. The Balaban J connectivity index is 2.12. The van der Waals surface area contributed by atoms with E-state index in [-0.39, 0.29) is 24.8 Å². The van der Waals surface area contributed by atoms with E-state index in [9.17, 15) is 24.6 Å². The van der Waals surface area contributed by atoms with Gasteiger partial charge in [-0.1, -0.05) is 24.3 Å². The fourth-order valence-electron chi connectivity index (χ4n) is 2.95. The Morgan fingerprint density at radius 1 is 1.00 bits per heavy atom. The smallest absolute Gasteiger partial charge is 0.336 e. The van der Waals surface area contributed by atoms with E-state index < -0.39 is 29.0 Å². The highest BCUT2D eigenvalue weighted by Crippen LogP contribution is 2.27. The van der Waals surface area contributed by atoms with E-state index in [0.717, 1.165) is 0 Å². The first-order valence-electron chi connectivity index (χ1n) is 9.23. The lowest BCUT2D eigenvalue weighted by atomic mass is 9.91. The molecule has 1 amide bonds. The topological polar surface area (TPSA) is 133 Å². The van der Waals surface area contributed by atoms with E-state index in [4.69, 9.17) is 9.94 Å². The average molecular weight is 433 g/mol. The maximum Gasteiger partial charge on any atom is 0.336 e. The average Bonchev–Trinajstić information content (AvgIpc) is 2.72. The van der Waals surface area contributed by atoms with Crippen molar-refractivity contribution in [1.82, 2.24) is 5.48 Å². The molecule has 0 spiro atoms. The molecule has 0 aliphatic rings. The van der Waals surface area contributed by atoms with Gasteiger partial charge in [0.1, 0.15) is 11.5 Å². The highest BCUT2D eigenvalue weighted by Gasteiger charge is 2.23. The number of carboxylic acid groups (broad SMARTS) is 2. The van der Waals surface area contributed by atoms with E-state index in [1.54, 1.807) is 36.4 Å². The number of thiol groups is 1. The second-order valence-electron chi connectivity index (χ2n) is 6.75. The van der Waals surface area contributed by atoms with Gasteiger partial charge in [-0.2, -0.15) is 12.6 Å². The lowest BCUT2D eigenvalue weighted by Gasteiger charge is -2.17. The lowest BCUT2D eigenvalue weighted by molar-refractivity contribution is -0.142. The number of rotatable bonds is 11. The van der Waals surface area contributed by atoms with Crippen molar-refractivity contribution < 1.29 is 34.5 Å². The number of nitrogens with one attached hydrogen (secondary N) is 1. The molecule has 0 saturated carbocycles. The van der Waals surface area contributed by atoms with Crippen LogP contribution in [0.1, 0.15) is 35.2 Å². The molecule has 0 heterocycles. The zero-order valence-corrected chi connectivity index (χ0v) is 16.9. The summed E-state index contributed by atoms with van der Waals surface area (Å²) in [5, 5.41) is 27.2. The summed E-state index contributed by atoms with van der Waals surface area (Å²) in [4.78, 5) is 34.6. The van der Waals surface area contributed by atoms with E-state index >= 15 is 0 Å². The number of benzene rings is 2. The number of hydroxylamine groups is 1. The number of carbonyl (C=O) groups is 3. The highest BCUT2D eigenvalue weighted by molar-refractivity contribution is 7.81. The van der Waals surface area contributed by atoms with Crippen molar-refractivity contribution in [2.75, 3.05) is 0 Å². The van der Waals surface area contributed by atoms with E-state index in [0.29, 0.717) is 23.5 Å². The van der Waals surface area contributed by atoms with Crippen LogP contribution in [0.5, 0.6) is 11.5 Å². The minimum atomic E-state index is -1.18. The lowest BCUT2D eigenvalue weighted by Crippen LogP contribution is -2.24. The van der Waals surface area contributed by atoms with Crippen LogP contribution in [0, 0.1) is 5.92 Å². The molecule has 2 aromatic carbocycles. The number of ether oxygens (including phenoxy) is 1. The van der Waals surface area contributed by atoms with Crippen molar-refractivity contribution in [3.8, 4) is 11.5 Å². The zero-order valence-electron chi connectivity index (χ0n) is 16.0. The van der Waals surface area contributed by atoms with Gasteiger partial charge in [-0.3, -0.25) is 14.8 Å². The van der Waals surface area contributed by atoms with Crippen molar-refractivity contribution in [2.24, 2.45) is 5.92 Å². The molecule has 0 radical (unpaired) electrons. The SMILES string of the molecule is O=C(CC(S)CCC(Cc1ccc(Oc2ccccc2)cc1C(=O)O)C(=O)O)NO. The molecule has 9 heteroatoms. The van der Waals surface area contributed by atoms with E-state index in [2.05, 4.69) is 12.6 Å². The van der Waals surface area contributed by atoms with Crippen molar-refractivity contribution in [2.45, 2.75) is 30.9 Å². The Morgan fingerprint density at radius 2 is 1.70 bits per heavy atom. The van der Waals surface area contributed by atoms with Crippen LogP contribution < -0.4 is 10.2 Å². The standard InChI is InChI=1S/C21H23NO7S/c23-19(22-28)12-17(30)9-7-14(20(24)25)10-13-6-8-16(11-18(13)21(26)27)29-15-4-2-1-3-5-15/h1-6,8,11,14,17,28,30H,7,9-10,12H2,(H,22,23)(H,24,25)(H,26,27). The minimum Gasteiger partial charge on any atom is -0.481 e. The second kappa shape index (κ2) is 11.2. The maximum absolute atomic E-state index is 11.7. The van der Waals surface area contributed by atoms with Crippen LogP contribution in [0.3, 0.4) is 0 Å². The summed E-state index contributed by atoms with van der Waals surface area (Å²) >= 11 is 4.23. The van der Waals surface area contributed by atoms with Gasteiger partial charge in [0.05, 0.1) is 11.5 Å². The molecule has 0 bridgehead atoms. The van der Waals surface area contributed by atoms with Crippen LogP contribution in [0.2, 0.25) is 0 Å². The molecule has 2 rings (SSSR count). The second-order valence-corrected chi connectivity index (χ2v) is 7.48. The van der Waals surface area contributed by atoms with Crippen LogP contribution in [0.15, 0.2) is 48.5 Å². The fourth-order valence-corrected chi connectivity index (χ4v) is 3.27. The third-order valence-corrected chi connectivity index (χ3v) is 4.94. The molecule has 4 N–H and O–H groups in total. The monoisotopic (exact) mass is 433 g/mol. The quantitative estimate of drug-likeness (QED) is 0.208. The third-order valence-electron chi connectivity index (χ3n) is 4.50. The van der Waals surface area contributed by atoms with E-state index in [1.165, 1.54) is 11.5 Å². The number of aromatic carboxylic acids is 1. The van der Waals surface area contributed by atoms with Crippen molar-refractivity contribution in [1.29, 1.82) is 0 Å². The summed E-state index contributed by atoms with van der Waals surface area (Å²) in [6.45, 7) is 0. The number of carbonyl (C=O) groups excluding carboxylic acids is 1. The summed E-state index contributed by atoms with van der Waals surface area (Å²) in [6.07, 6.45) is 0.460. The van der Waals surface area contributed by atoms with Gasteiger partial charge in [-0.05, 0) is 49.1 Å². The van der Waals surface area contributed by atoms with Gasteiger partial charge in [0, 0.05) is 11.7 Å². The third kappa shape index (κ3) is 7.09. The van der Waals surface area contributed by atoms with Gasteiger partial charge >= 0.3 is 11.9 Å². The first kappa shape index (κ1) is 23.2. The maximum atomic E-state index is 11.7. The molecule has 2 aromatic rings. The number of carboxylic acids is 2. The Kier molecular flexibility index (Phi) is 8.70. The Bertz CT molecular complexity index is 888. The predicted molar refractivity (Wildman–Crippen MR) is 111 cm³/mol. The summed E-state index contributed by atoms with van der Waals surface area (Å²) in [5.74, 6) is -2.82. The van der Waals surface area contributed by atoms with Crippen molar-refractivity contribution in [3.63, 3.8) is 0 Å². The Morgan fingerprint density at radius 3 is 2.30 bits per heavy atom. The first-order chi connectivity index (χ1) is 14.3. The summed E-state index contributed by atoms with van der Waals surface area (Å²) in [5.41, 5.74) is 1.85. The molecule has 2 unspecified atom stereocenters. The number of hydrogen-bond donors (Lipinski definition) is 5. The number of hydrogen-bond acceptors (Lipinski definition) is 6. The minimum absolute atomic E-state index is 0.00920. The fraction of sp³-hybridized carbons (Fsp3) is 0.286. The highest BCUT2D eigenvalue weighted by atomic mass is 32.1. The Labute approximate surface area is 178 Å². The normalized spacial score (nSPS) is 12.6. The molecular formula is C21H23NO7S. The molecule has 160 valence electrons. The van der Waals surface area contributed by atoms with Crippen LogP contribution in [0.4, 0.5) is 0 Å². The number of para-hydroxylation sites is 1. The van der Waals surface area contributed by atoms with Crippen LogP contribution in [-0.2, 0) is 16.0 Å². The predicted octanol–water partition coefficient (Wildman–Crippen LogP) is 3.39.